The molecule has 17 heavy (non-hydrogen) atoms. The molecule has 1 aromatic heterocycles. The van der Waals surface area contributed by atoms with E-state index in [2.05, 4.69) is 0 Å². The second-order valence-electron chi connectivity index (χ2n) is 4.60. The first-order valence-corrected chi connectivity index (χ1v) is 5.96. The first-order chi connectivity index (χ1) is 8.24. The third-order valence-electron chi connectivity index (χ3n) is 3.40. The summed E-state index contributed by atoms with van der Waals surface area (Å²) in [5.41, 5.74) is 0.653. The van der Waals surface area contributed by atoms with Gasteiger partial charge < -0.3 is 4.42 Å². The second kappa shape index (κ2) is 3.99. The van der Waals surface area contributed by atoms with Crippen LogP contribution in [-0.4, -0.2) is 5.78 Å². The average molecular weight is 232 g/mol. The molecule has 88 valence electrons. The molecule has 0 saturated heterocycles. The maximum atomic E-state index is 13.1. The average Bonchev–Trinajstić information content (AvgIpc) is 2.72. The van der Waals surface area contributed by atoms with Crippen molar-refractivity contribution >= 4 is 16.8 Å². The monoisotopic (exact) mass is 232 g/mol. The number of rotatable bonds is 1. The number of furan rings is 1. The Morgan fingerprint density at radius 2 is 2.12 bits per heavy atom. The highest BCUT2D eigenvalue weighted by Gasteiger charge is 2.26. The Balaban J connectivity index is 2.02. The van der Waals surface area contributed by atoms with Gasteiger partial charge >= 0.3 is 0 Å². The maximum absolute atomic E-state index is 13.1. The van der Waals surface area contributed by atoms with Crippen molar-refractivity contribution in [2.75, 3.05) is 0 Å². The summed E-state index contributed by atoms with van der Waals surface area (Å²) >= 11 is 0. The van der Waals surface area contributed by atoms with E-state index in [0.29, 0.717) is 17.8 Å². The summed E-state index contributed by atoms with van der Waals surface area (Å²) in [6.07, 6.45) is 3.52. The molecule has 0 aliphatic heterocycles. The second-order valence-corrected chi connectivity index (χ2v) is 4.60. The molecule has 2 aromatic rings. The van der Waals surface area contributed by atoms with E-state index in [1.165, 1.54) is 12.1 Å². The molecule has 0 amide bonds. The maximum Gasteiger partial charge on any atom is 0.143 e. The summed E-state index contributed by atoms with van der Waals surface area (Å²) in [7, 11) is 0. The molecule has 0 radical (unpaired) electrons. The van der Waals surface area contributed by atoms with E-state index < -0.39 is 0 Å². The summed E-state index contributed by atoms with van der Waals surface area (Å²) in [6.45, 7) is 0. The summed E-state index contributed by atoms with van der Waals surface area (Å²) < 4.78 is 18.7. The van der Waals surface area contributed by atoms with Crippen molar-refractivity contribution in [3.8, 4) is 0 Å². The van der Waals surface area contributed by atoms with Gasteiger partial charge in [-0.05, 0) is 37.1 Å². The minimum atomic E-state index is -0.278. The number of hydrogen-bond acceptors (Lipinski definition) is 2. The molecule has 1 aliphatic rings. The lowest BCUT2D eigenvalue weighted by Crippen LogP contribution is -2.16. The smallest absolute Gasteiger partial charge is 0.143 e. The van der Waals surface area contributed by atoms with Crippen molar-refractivity contribution in [2.24, 2.45) is 0 Å². The number of Topliss-reactive ketones (excluding diaryl/α,β-unsaturated/α-hetero) is 1. The molecule has 1 aliphatic carbocycles. The van der Waals surface area contributed by atoms with Gasteiger partial charge in [0.15, 0.2) is 0 Å². The lowest BCUT2D eigenvalue weighted by atomic mass is 9.86. The summed E-state index contributed by atoms with van der Waals surface area (Å²) in [5.74, 6) is 0.533. The van der Waals surface area contributed by atoms with Crippen molar-refractivity contribution in [3.05, 3.63) is 35.8 Å². The minimum absolute atomic E-state index is 0.126. The Bertz CT molecular complexity index is 571. The first kappa shape index (κ1) is 10.5. The number of fused-ring (bicyclic) bond motifs is 1. The first-order valence-electron chi connectivity index (χ1n) is 5.96. The highest BCUT2D eigenvalue weighted by atomic mass is 19.1. The highest BCUT2D eigenvalue weighted by Crippen LogP contribution is 2.33. The van der Waals surface area contributed by atoms with E-state index in [1.807, 2.05) is 0 Å². The number of ketones is 1. The standard InChI is InChI=1S/C14H13FO2/c15-10-5-6-13-9(7-10)8-14(17-13)11-3-1-2-4-12(11)16/h5-8,11H,1-4H2. The quantitative estimate of drug-likeness (QED) is 0.748. The zero-order valence-corrected chi connectivity index (χ0v) is 9.41. The number of halogens is 1. The zero-order chi connectivity index (χ0) is 11.8. The molecule has 1 unspecified atom stereocenters. The topological polar surface area (TPSA) is 30.2 Å². The van der Waals surface area contributed by atoms with Crippen molar-refractivity contribution < 1.29 is 13.6 Å². The Morgan fingerprint density at radius 1 is 1.24 bits per heavy atom. The van der Waals surface area contributed by atoms with Crippen LogP contribution < -0.4 is 0 Å². The number of carbonyl (C=O) groups excluding carboxylic acids is 1. The van der Waals surface area contributed by atoms with Gasteiger partial charge in [-0.2, -0.15) is 0 Å². The molecule has 0 bridgehead atoms. The van der Waals surface area contributed by atoms with Crippen LogP contribution in [0, 0.1) is 5.82 Å². The molecule has 2 nitrogen and oxygen atoms in total. The zero-order valence-electron chi connectivity index (χ0n) is 9.41. The van der Waals surface area contributed by atoms with Gasteiger partial charge in [0.2, 0.25) is 0 Å². The predicted molar refractivity (Wildman–Crippen MR) is 62.4 cm³/mol. The molecule has 1 atom stereocenters. The third kappa shape index (κ3) is 1.86. The number of hydrogen-bond donors (Lipinski definition) is 0. The van der Waals surface area contributed by atoms with Gasteiger partial charge in [0.1, 0.15) is 22.9 Å². The van der Waals surface area contributed by atoms with Crippen LogP contribution in [-0.2, 0) is 4.79 Å². The van der Waals surface area contributed by atoms with Crippen LogP contribution in [0.25, 0.3) is 11.0 Å². The lowest BCUT2D eigenvalue weighted by molar-refractivity contribution is -0.122. The molecule has 1 saturated carbocycles. The Kier molecular flexibility index (Phi) is 2.46. The molecular weight excluding hydrogens is 219 g/mol. The fourth-order valence-corrected chi connectivity index (χ4v) is 2.49. The van der Waals surface area contributed by atoms with Crippen LogP contribution >= 0.6 is 0 Å². The lowest BCUT2D eigenvalue weighted by Gasteiger charge is -2.17. The highest BCUT2D eigenvalue weighted by molar-refractivity contribution is 5.87. The van der Waals surface area contributed by atoms with Crippen molar-refractivity contribution in [3.63, 3.8) is 0 Å². The number of carbonyl (C=O) groups is 1. The van der Waals surface area contributed by atoms with Gasteiger partial charge in [0.25, 0.3) is 0 Å². The van der Waals surface area contributed by atoms with Crippen molar-refractivity contribution in [1.29, 1.82) is 0 Å². The van der Waals surface area contributed by atoms with E-state index in [0.717, 1.165) is 24.6 Å². The van der Waals surface area contributed by atoms with Gasteiger partial charge in [-0.15, -0.1) is 0 Å². The van der Waals surface area contributed by atoms with E-state index >= 15 is 0 Å². The van der Waals surface area contributed by atoms with Crippen LogP contribution in [0.3, 0.4) is 0 Å². The minimum Gasteiger partial charge on any atom is -0.460 e. The van der Waals surface area contributed by atoms with Gasteiger partial charge in [-0.1, -0.05) is 6.42 Å². The van der Waals surface area contributed by atoms with Gasteiger partial charge in [0.05, 0.1) is 5.92 Å². The van der Waals surface area contributed by atoms with Gasteiger partial charge in [-0.3, -0.25) is 4.79 Å². The molecular formula is C14H13FO2. The van der Waals surface area contributed by atoms with Crippen LogP contribution in [0.15, 0.2) is 28.7 Å². The molecule has 0 spiro atoms. The van der Waals surface area contributed by atoms with E-state index in [-0.39, 0.29) is 17.5 Å². The fourth-order valence-electron chi connectivity index (χ4n) is 2.49. The molecule has 3 heteroatoms. The van der Waals surface area contributed by atoms with E-state index in [4.69, 9.17) is 4.42 Å². The Hall–Kier alpha value is -1.64. The Labute approximate surface area is 98.4 Å². The predicted octanol–water partition coefficient (Wildman–Crippen LogP) is 3.80. The van der Waals surface area contributed by atoms with Crippen molar-refractivity contribution in [1.82, 2.24) is 0 Å². The Morgan fingerprint density at radius 3 is 2.94 bits per heavy atom. The molecule has 1 aromatic carbocycles. The fraction of sp³-hybridized carbons (Fsp3) is 0.357. The van der Waals surface area contributed by atoms with Crippen molar-refractivity contribution in [2.45, 2.75) is 31.6 Å². The largest absolute Gasteiger partial charge is 0.460 e. The van der Waals surface area contributed by atoms with Crippen LogP contribution in [0.2, 0.25) is 0 Å². The van der Waals surface area contributed by atoms with Crippen LogP contribution in [0.5, 0.6) is 0 Å². The van der Waals surface area contributed by atoms with Crippen LogP contribution in [0.1, 0.15) is 37.4 Å². The molecule has 3 rings (SSSR count). The summed E-state index contributed by atoms with van der Waals surface area (Å²) in [4.78, 5) is 11.8. The van der Waals surface area contributed by atoms with Gasteiger partial charge in [-0.25, -0.2) is 4.39 Å². The number of benzene rings is 1. The molecule has 0 N–H and O–H groups in total. The SMILES string of the molecule is O=C1CCCCC1c1cc2cc(F)ccc2o1. The third-order valence-corrected chi connectivity index (χ3v) is 3.40. The summed E-state index contributed by atoms with van der Waals surface area (Å²) in [5, 5.41) is 0.735. The van der Waals surface area contributed by atoms with E-state index in [9.17, 15) is 9.18 Å². The van der Waals surface area contributed by atoms with E-state index in [1.54, 1.807) is 12.1 Å². The molecule has 1 heterocycles. The van der Waals surface area contributed by atoms with Crippen LogP contribution in [0.4, 0.5) is 4.39 Å². The van der Waals surface area contributed by atoms with Gasteiger partial charge in [0, 0.05) is 11.8 Å². The summed E-state index contributed by atoms with van der Waals surface area (Å²) in [6, 6.07) is 6.22. The molecule has 1 fully saturated rings. The normalized spacial score (nSPS) is 21.0.